The third-order valence-corrected chi connectivity index (χ3v) is 3.06. The number of rotatable bonds is 2. The van der Waals surface area contributed by atoms with Crippen molar-refractivity contribution < 1.29 is 9.47 Å². The van der Waals surface area contributed by atoms with Crippen molar-refractivity contribution in [1.29, 1.82) is 0 Å². The van der Waals surface area contributed by atoms with Gasteiger partial charge in [-0.25, -0.2) is 0 Å². The first-order valence-electron chi connectivity index (χ1n) is 5.07. The molecule has 2 bridgehead atoms. The van der Waals surface area contributed by atoms with Crippen LogP contribution in [0.3, 0.4) is 0 Å². The average Bonchev–Trinajstić information content (AvgIpc) is 2.57. The van der Waals surface area contributed by atoms with E-state index >= 15 is 0 Å². The predicted molar refractivity (Wildman–Crippen MR) is 48.7 cm³/mol. The van der Waals surface area contributed by atoms with Gasteiger partial charge in [-0.2, -0.15) is 0 Å². The molecular weight excluding hydrogens is 168 g/mol. The van der Waals surface area contributed by atoms with Crippen molar-refractivity contribution in [3.8, 4) is 0 Å². The smallest absolute Gasteiger partial charge is 0.157 e. The van der Waals surface area contributed by atoms with Gasteiger partial charge in [0.05, 0.1) is 6.61 Å². The van der Waals surface area contributed by atoms with E-state index in [0.29, 0.717) is 11.8 Å². The van der Waals surface area contributed by atoms with Gasteiger partial charge in [-0.05, 0) is 24.7 Å². The van der Waals surface area contributed by atoms with Crippen molar-refractivity contribution in [2.24, 2.45) is 17.7 Å². The Morgan fingerprint density at radius 2 is 2.31 bits per heavy atom. The van der Waals surface area contributed by atoms with E-state index < -0.39 is 0 Å². The summed E-state index contributed by atoms with van der Waals surface area (Å²) in [4.78, 5) is 0. The lowest BCUT2D eigenvalue weighted by Crippen LogP contribution is -2.33. The van der Waals surface area contributed by atoms with Crippen LogP contribution in [0.1, 0.15) is 19.3 Å². The lowest BCUT2D eigenvalue weighted by molar-refractivity contribution is -0.111. The second-order valence-electron chi connectivity index (χ2n) is 3.94. The Kier molecular flexibility index (Phi) is 3.16. The fourth-order valence-electron chi connectivity index (χ4n) is 2.27. The summed E-state index contributed by atoms with van der Waals surface area (Å²) < 4.78 is 11.0. The molecule has 13 heavy (non-hydrogen) atoms. The van der Waals surface area contributed by atoms with Gasteiger partial charge in [0.1, 0.15) is 0 Å². The normalized spacial score (nSPS) is 39.9. The molecule has 3 atom stereocenters. The lowest BCUT2D eigenvalue weighted by atomic mass is 9.87. The maximum atomic E-state index is 5.53. The molecule has 3 N–H and O–H groups in total. The van der Waals surface area contributed by atoms with E-state index in [0.717, 1.165) is 32.6 Å². The summed E-state index contributed by atoms with van der Waals surface area (Å²) in [6.45, 7) is 2.58. The van der Waals surface area contributed by atoms with Crippen LogP contribution in [0.4, 0.5) is 0 Å². The summed E-state index contributed by atoms with van der Waals surface area (Å²) in [6, 6.07) is 0. The van der Waals surface area contributed by atoms with Crippen molar-refractivity contribution in [3.05, 3.63) is 0 Å². The van der Waals surface area contributed by atoms with E-state index in [1.165, 1.54) is 6.42 Å². The van der Waals surface area contributed by atoms with Crippen LogP contribution in [0.2, 0.25) is 0 Å². The second kappa shape index (κ2) is 4.37. The van der Waals surface area contributed by atoms with Crippen molar-refractivity contribution in [1.82, 2.24) is 5.43 Å². The zero-order valence-electron chi connectivity index (χ0n) is 7.87. The minimum absolute atomic E-state index is 0.0607. The number of nitrogens with one attached hydrogen (secondary N) is 1. The molecule has 3 unspecified atom stereocenters. The Bertz CT molecular complexity index is 166. The van der Waals surface area contributed by atoms with Crippen molar-refractivity contribution >= 4 is 0 Å². The molecule has 0 saturated carbocycles. The van der Waals surface area contributed by atoms with Crippen LogP contribution < -0.4 is 11.3 Å². The SMILES string of the molecule is NNCC1CCCOC2CC1CO2. The molecule has 0 aromatic heterocycles. The van der Waals surface area contributed by atoms with E-state index in [1.807, 2.05) is 0 Å². The van der Waals surface area contributed by atoms with Crippen LogP contribution in [0.25, 0.3) is 0 Å². The van der Waals surface area contributed by atoms with Crippen LogP contribution in [-0.4, -0.2) is 26.0 Å². The highest BCUT2D eigenvalue weighted by molar-refractivity contribution is 4.78. The summed E-state index contributed by atoms with van der Waals surface area (Å²) in [5, 5.41) is 0. The predicted octanol–water partition coefficient (Wildman–Crippen LogP) is 0.239. The van der Waals surface area contributed by atoms with Crippen LogP contribution in [0.15, 0.2) is 0 Å². The molecule has 4 nitrogen and oxygen atoms in total. The number of ether oxygens (including phenoxy) is 2. The lowest BCUT2D eigenvalue weighted by Gasteiger charge is -2.24. The van der Waals surface area contributed by atoms with E-state index in [2.05, 4.69) is 5.43 Å². The minimum atomic E-state index is 0.0607. The monoisotopic (exact) mass is 186 g/mol. The molecular formula is C9H18N2O2. The van der Waals surface area contributed by atoms with Gasteiger partial charge >= 0.3 is 0 Å². The topological polar surface area (TPSA) is 56.5 Å². The molecule has 2 aliphatic heterocycles. The van der Waals surface area contributed by atoms with E-state index in [1.54, 1.807) is 0 Å². The van der Waals surface area contributed by atoms with Gasteiger partial charge in [-0.1, -0.05) is 0 Å². The quantitative estimate of drug-likeness (QED) is 0.479. The summed E-state index contributed by atoms with van der Waals surface area (Å²) in [6.07, 6.45) is 3.44. The second-order valence-corrected chi connectivity index (χ2v) is 3.94. The zero-order chi connectivity index (χ0) is 9.10. The molecule has 76 valence electrons. The van der Waals surface area contributed by atoms with Crippen LogP contribution >= 0.6 is 0 Å². The summed E-state index contributed by atoms with van der Waals surface area (Å²) in [5.74, 6) is 6.66. The number of nitrogens with two attached hydrogens (primary N) is 1. The first kappa shape index (κ1) is 9.40. The molecule has 0 aliphatic carbocycles. The Balaban J connectivity index is 1.93. The standard InChI is InChI=1S/C9H18N2O2/c10-11-5-7-2-1-3-12-9-4-8(7)6-13-9/h7-9,11H,1-6,10H2. The maximum absolute atomic E-state index is 5.53. The fourth-order valence-corrected chi connectivity index (χ4v) is 2.27. The molecule has 0 aromatic carbocycles. The van der Waals surface area contributed by atoms with Crippen LogP contribution in [0, 0.1) is 11.8 Å². The molecule has 2 rings (SSSR count). The minimum Gasteiger partial charge on any atom is -0.353 e. The third kappa shape index (κ3) is 2.20. The van der Waals surface area contributed by atoms with Crippen molar-refractivity contribution in [2.75, 3.05) is 19.8 Å². The molecule has 2 fully saturated rings. The fraction of sp³-hybridized carbons (Fsp3) is 1.00. The van der Waals surface area contributed by atoms with Gasteiger partial charge in [0.2, 0.25) is 0 Å². The highest BCUT2D eigenvalue weighted by Gasteiger charge is 2.33. The molecule has 0 aromatic rings. The molecule has 2 heterocycles. The Morgan fingerprint density at radius 1 is 1.38 bits per heavy atom. The van der Waals surface area contributed by atoms with E-state index in [4.69, 9.17) is 15.3 Å². The van der Waals surface area contributed by atoms with Crippen molar-refractivity contribution in [2.45, 2.75) is 25.6 Å². The summed E-state index contributed by atoms with van der Waals surface area (Å²) >= 11 is 0. The number of fused-ring (bicyclic) bond motifs is 2. The van der Waals surface area contributed by atoms with Crippen molar-refractivity contribution in [3.63, 3.8) is 0 Å². The highest BCUT2D eigenvalue weighted by atomic mass is 16.7. The first-order valence-corrected chi connectivity index (χ1v) is 5.07. The average molecular weight is 186 g/mol. The Labute approximate surface area is 78.7 Å². The van der Waals surface area contributed by atoms with Crippen LogP contribution in [0.5, 0.6) is 0 Å². The first-order chi connectivity index (χ1) is 6.40. The van der Waals surface area contributed by atoms with E-state index in [-0.39, 0.29) is 6.29 Å². The zero-order valence-corrected chi connectivity index (χ0v) is 7.87. The number of hydrogen-bond donors (Lipinski definition) is 2. The molecule has 0 radical (unpaired) electrons. The van der Waals surface area contributed by atoms with E-state index in [9.17, 15) is 0 Å². The molecule has 2 aliphatic rings. The van der Waals surface area contributed by atoms with Gasteiger partial charge in [0, 0.05) is 19.6 Å². The molecule has 0 amide bonds. The Morgan fingerprint density at radius 3 is 3.15 bits per heavy atom. The largest absolute Gasteiger partial charge is 0.353 e. The maximum Gasteiger partial charge on any atom is 0.157 e. The van der Waals surface area contributed by atoms with Gasteiger partial charge in [-0.3, -0.25) is 11.3 Å². The number of hydrogen-bond acceptors (Lipinski definition) is 4. The highest BCUT2D eigenvalue weighted by Crippen LogP contribution is 2.31. The van der Waals surface area contributed by atoms with Crippen LogP contribution in [-0.2, 0) is 9.47 Å². The van der Waals surface area contributed by atoms with Gasteiger partial charge in [-0.15, -0.1) is 0 Å². The number of hydrazine groups is 1. The summed E-state index contributed by atoms with van der Waals surface area (Å²) in [5.41, 5.74) is 2.77. The summed E-state index contributed by atoms with van der Waals surface area (Å²) in [7, 11) is 0. The molecule has 0 spiro atoms. The molecule has 2 saturated heterocycles. The van der Waals surface area contributed by atoms with Gasteiger partial charge < -0.3 is 9.47 Å². The molecule has 4 heteroatoms. The van der Waals surface area contributed by atoms with Gasteiger partial charge in [0.15, 0.2) is 6.29 Å². The third-order valence-electron chi connectivity index (χ3n) is 3.06. The van der Waals surface area contributed by atoms with Gasteiger partial charge in [0.25, 0.3) is 0 Å². The Hall–Kier alpha value is -0.160.